The van der Waals surface area contributed by atoms with Crippen LogP contribution in [0.1, 0.15) is 16.7 Å². The average Bonchev–Trinajstić information content (AvgIpc) is 2.94. The Kier molecular flexibility index (Phi) is 3.39. The molecule has 0 bridgehead atoms. The van der Waals surface area contributed by atoms with E-state index in [4.69, 9.17) is 4.42 Å². The topological polar surface area (TPSA) is 17.0 Å². The highest BCUT2D eigenvalue weighted by Crippen LogP contribution is 2.39. The van der Waals surface area contributed by atoms with Crippen LogP contribution in [0, 0.1) is 32.4 Å². The zero-order valence-electron chi connectivity index (χ0n) is 14.6. The van der Waals surface area contributed by atoms with Gasteiger partial charge in [0.2, 0.25) is 5.69 Å². The quantitative estimate of drug-likeness (QED) is 0.432. The highest BCUT2D eigenvalue weighted by Gasteiger charge is 2.23. The molecule has 126 valence electrons. The van der Waals surface area contributed by atoms with Gasteiger partial charge in [0, 0.05) is 28.6 Å². The summed E-state index contributed by atoms with van der Waals surface area (Å²) in [6.07, 6.45) is 2.03. The molecule has 0 unspecified atom stereocenters. The van der Waals surface area contributed by atoms with Gasteiger partial charge in [0.05, 0.1) is 10.9 Å². The lowest BCUT2D eigenvalue weighted by atomic mass is 10.00. The summed E-state index contributed by atoms with van der Waals surface area (Å²) in [5.41, 5.74) is 5.21. The predicted octanol–water partition coefficient (Wildman–Crippen LogP) is 5.28. The van der Waals surface area contributed by atoms with Crippen LogP contribution in [0.4, 0.5) is 8.78 Å². The third-order valence-electron chi connectivity index (χ3n) is 4.80. The maximum Gasteiger partial charge on any atom is 0.216 e. The smallest absolute Gasteiger partial charge is 0.216 e. The molecule has 2 heterocycles. The third-order valence-corrected chi connectivity index (χ3v) is 4.80. The summed E-state index contributed by atoms with van der Waals surface area (Å²) in [7, 11) is 1.97. The number of aromatic nitrogens is 1. The van der Waals surface area contributed by atoms with Gasteiger partial charge in [-0.05, 0) is 32.4 Å². The largest absolute Gasteiger partial charge is 0.455 e. The second-order valence-corrected chi connectivity index (χ2v) is 6.61. The van der Waals surface area contributed by atoms with Gasteiger partial charge in [-0.25, -0.2) is 13.3 Å². The van der Waals surface area contributed by atoms with Crippen LogP contribution in [-0.2, 0) is 7.05 Å². The van der Waals surface area contributed by atoms with Gasteiger partial charge in [-0.1, -0.05) is 12.1 Å². The number of hydrogen-bond acceptors (Lipinski definition) is 1. The van der Waals surface area contributed by atoms with E-state index in [0.717, 1.165) is 28.5 Å². The molecule has 2 aromatic heterocycles. The van der Waals surface area contributed by atoms with Crippen LogP contribution in [0.5, 0.6) is 0 Å². The molecule has 0 saturated carbocycles. The number of fused-ring (bicyclic) bond motifs is 3. The van der Waals surface area contributed by atoms with E-state index in [-0.39, 0.29) is 5.58 Å². The summed E-state index contributed by atoms with van der Waals surface area (Å²) < 4.78 is 36.4. The molecule has 0 radical (unpaired) electrons. The van der Waals surface area contributed by atoms with Crippen molar-refractivity contribution in [2.24, 2.45) is 7.05 Å². The van der Waals surface area contributed by atoms with Crippen LogP contribution in [0.15, 0.2) is 40.9 Å². The zero-order valence-corrected chi connectivity index (χ0v) is 14.6. The molecule has 0 fully saturated rings. The molecule has 4 heteroatoms. The molecule has 0 atom stereocenters. The van der Waals surface area contributed by atoms with Gasteiger partial charge < -0.3 is 4.42 Å². The average molecular weight is 338 g/mol. The molecule has 0 saturated heterocycles. The lowest BCUT2D eigenvalue weighted by Crippen LogP contribution is -2.31. The molecule has 4 rings (SSSR count). The fourth-order valence-corrected chi connectivity index (χ4v) is 3.48. The van der Waals surface area contributed by atoms with Crippen LogP contribution in [-0.4, -0.2) is 0 Å². The SMILES string of the molecule is Cc1ccc(-c2c(C)ccc3c2oc2c(C)c(F)cc(F)c23)[n+](C)c1. The van der Waals surface area contributed by atoms with Gasteiger partial charge in [-0.15, -0.1) is 0 Å². The third kappa shape index (κ3) is 2.24. The van der Waals surface area contributed by atoms with Gasteiger partial charge in [-0.2, -0.15) is 0 Å². The van der Waals surface area contributed by atoms with Crippen LogP contribution in [0.3, 0.4) is 0 Å². The van der Waals surface area contributed by atoms with Crippen molar-refractivity contribution in [3.05, 3.63) is 64.9 Å². The van der Waals surface area contributed by atoms with Crippen molar-refractivity contribution in [2.45, 2.75) is 20.8 Å². The standard InChI is InChI=1S/C21H18F2NO/c1-11-5-8-17(24(4)10-11)18-12(2)6-7-14-19-16(23)9-15(22)13(3)20(19)25-21(14)18/h5-10H,1-4H3/q+1. The maximum absolute atomic E-state index is 14.5. The van der Waals surface area contributed by atoms with Gasteiger partial charge in [0.15, 0.2) is 6.20 Å². The number of hydrogen-bond donors (Lipinski definition) is 0. The van der Waals surface area contributed by atoms with Gasteiger partial charge in [0.1, 0.15) is 29.8 Å². The Bertz CT molecular complexity index is 1160. The Morgan fingerprint density at radius 2 is 1.68 bits per heavy atom. The second-order valence-electron chi connectivity index (χ2n) is 6.61. The van der Waals surface area contributed by atoms with E-state index in [1.165, 1.54) is 0 Å². The molecule has 0 spiro atoms. The van der Waals surface area contributed by atoms with Gasteiger partial charge in [-0.3, -0.25) is 0 Å². The zero-order chi connectivity index (χ0) is 17.9. The van der Waals surface area contributed by atoms with Crippen molar-refractivity contribution in [3.63, 3.8) is 0 Å². The number of benzene rings is 2. The predicted molar refractivity (Wildman–Crippen MR) is 94.5 cm³/mol. The van der Waals surface area contributed by atoms with E-state index in [1.807, 2.05) is 55.9 Å². The molecule has 0 amide bonds. The minimum absolute atomic E-state index is 0.272. The van der Waals surface area contributed by atoms with Crippen LogP contribution in [0.2, 0.25) is 0 Å². The monoisotopic (exact) mass is 338 g/mol. The van der Waals surface area contributed by atoms with E-state index < -0.39 is 11.6 Å². The highest BCUT2D eigenvalue weighted by atomic mass is 19.1. The Morgan fingerprint density at radius 1 is 0.920 bits per heavy atom. The number of aryl methyl sites for hydroxylation is 4. The Morgan fingerprint density at radius 3 is 2.40 bits per heavy atom. The van der Waals surface area contributed by atoms with E-state index in [9.17, 15) is 8.78 Å². The number of nitrogens with zero attached hydrogens (tertiary/aromatic N) is 1. The van der Waals surface area contributed by atoms with Crippen molar-refractivity contribution in [1.82, 2.24) is 0 Å². The molecule has 0 aliphatic rings. The lowest BCUT2D eigenvalue weighted by molar-refractivity contribution is -0.660. The number of pyridine rings is 1. The fourth-order valence-electron chi connectivity index (χ4n) is 3.48. The normalized spacial score (nSPS) is 11.6. The Labute approximate surface area is 144 Å². The van der Waals surface area contributed by atoms with E-state index in [0.29, 0.717) is 21.9 Å². The first-order valence-corrected chi connectivity index (χ1v) is 8.15. The Balaban J connectivity index is 2.19. The molecule has 2 aromatic carbocycles. The summed E-state index contributed by atoms with van der Waals surface area (Å²) >= 11 is 0. The lowest BCUT2D eigenvalue weighted by Gasteiger charge is -2.05. The summed E-state index contributed by atoms with van der Waals surface area (Å²) in [6, 6.07) is 8.77. The minimum Gasteiger partial charge on any atom is -0.455 e. The minimum atomic E-state index is -0.597. The van der Waals surface area contributed by atoms with Crippen LogP contribution in [0.25, 0.3) is 33.2 Å². The highest BCUT2D eigenvalue weighted by molar-refractivity contribution is 6.10. The first-order chi connectivity index (χ1) is 11.9. The van der Waals surface area contributed by atoms with Crippen molar-refractivity contribution < 1.29 is 17.8 Å². The van der Waals surface area contributed by atoms with E-state index in [1.54, 1.807) is 6.92 Å². The second kappa shape index (κ2) is 5.38. The maximum atomic E-state index is 14.5. The molecule has 25 heavy (non-hydrogen) atoms. The van der Waals surface area contributed by atoms with Gasteiger partial charge in [0.25, 0.3) is 0 Å². The molecular weight excluding hydrogens is 320 g/mol. The molecule has 4 aromatic rings. The molecular formula is C21H18F2NO+. The fraction of sp³-hybridized carbons (Fsp3) is 0.190. The molecule has 0 N–H and O–H groups in total. The summed E-state index contributed by atoms with van der Waals surface area (Å²) in [4.78, 5) is 0. The summed E-state index contributed by atoms with van der Waals surface area (Å²) in [5, 5.41) is 1.00. The summed E-state index contributed by atoms with van der Waals surface area (Å²) in [5.74, 6) is -1.19. The summed E-state index contributed by atoms with van der Waals surface area (Å²) in [6.45, 7) is 5.63. The van der Waals surface area contributed by atoms with E-state index >= 15 is 0 Å². The van der Waals surface area contributed by atoms with Crippen molar-refractivity contribution in [1.29, 1.82) is 0 Å². The number of rotatable bonds is 1. The molecule has 0 aliphatic heterocycles. The number of halogens is 2. The first-order valence-electron chi connectivity index (χ1n) is 8.15. The van der Waals surface area contributed by atoms with Crippen molar-refractivity contribution in [3.8, 4) is 11.3 Å². The van der Waals surface area contributed by atoms with Crippen LogP contribution >= 0.6 is 0 Å². The molecule has 0 aliphatic carbocycles. The van der Waals surface area contributed by atoms with Gasteiger partial charge >= 0.3 is 0 Å². The molecule has 2 nitrogen and oxygen atoms in total. The van der Waals surface area contributed by atoms with Crippen LogP contribution < -0.4 is 4.57 Å². The van der Waals surface area contributed by atoms with Crippen molar-refractivity contribution >= 4 is 21.9 Å². The first kappa shape index (κ1) is 15.8. The van der Waals surface area contributed by atoms with Crippen molar-refractivity contribution in [2.75, 3.05) is 0 Å². The Hall–Kier alpha value is -2.75. The number of furan rings is 1. The van der Waals surface area contributed by atoms with E-state index in [2.05, 4.69) is 0 Å².